The Labute approximate surface area is 272 Å². The summed E-state index contributed by atoms with van der Waals surface area (Å²) in [7, 11) is 0. The van der Waals surface area contributed by atoms with Crippen LogP contribution in [0.25, 0.3) is 77.8 Å². The number of hydrogen-bond donors (Lipinski definition) is 0. The van der Waals surface area contributed by atoms with Crippen LogP contribution in [-0.4, -0.2) is 19.1 Å². The lowest BCUT2D eigenvalue weighted by Crippen LogP contribution is -2.14. The number of nitrogens with zero attached hydrogens (tertiary/aromatic N) is 4. The van der Waals surface area contributed by atoms with Gasteiger partial charge >= 0.3 is 0 Å². The number of fused-ring (bicyclic) bond motifs is 9. The van der Waals surface area contributed by atoms with Crippen LogP contribution in [0.5, 0.6) is 0 Å². The van der Waals surface area contributed by atoms with E-state index in [0.29, 0.717) is 5.95 Å². The van der Waals surface area contributed by atoms with Crippen molar-refractivity contribution in [2.24, 2.45) is 0 Å². The topological polar surface area (TPSA) is 35.6 Å². The molecule has 4 heteroatoms. The Bertz CT molecular complexity index is 2660. The fraction of sp³-hybridized carbons (Fsp3) is 0.0698. The number of rotatable bonds is 3. The van der Waals surface area contributed by atoms with Crippen LogP contribution in [0.2, 0.25) is 0 Å². The molecular weight excluding hydrogens is 573 g/mol. The zero-order chi connectivity index (χ0) is 31.3. The molecule has 222 valence electrons. The van der Waals surface area contributed by atoms with Gasteiger partial charge in [-0.3, -0.25) is 4.57 Å². The highest BCUT2D eigenvalue weighted by molar-refractivity contribution is 6.09. The standard InChI is InChI=1S/C43H30N4/c1-43(2)34-20-10-6-18-31(34)41-39(43)32-19-9-13-23-38(32)46(41)28-24-25-35-33(26-28)40(27-14-4-3-5-15-27)45-42(44-35)47-36-21-11-7-16-29(36)30-17-8-12-22-37(30)47/h3-26H,1-2H3. The second-order valence-electron chi connectivity index (χ2n) is 13.1. The van der Waals surface area contributed by atoms with Crippen LogP contribution in [0.3, 0.4) is 0 Å². The predicted molar refractivity (Wildman–Crippen MR) is 194 cm³/mol. The molecule has 1 aliphatic carbocycles. The van der Waals surface area contributed by atoms with Crippen molar-refractivity contribution in [3.63, 3.8) is 0 Å². The summed E-state index contributed by atoms with van der Waals surface area (Å²) in [6.45, 7) is 4.71. The molecule has 3 aromatic heterocycles. The van der Waals surface area contributed by atoms with E-state index in [4.69, 9.17) is 9.97 Å². The summed E-state index contributed by atoms with van der Waals surface area (Å²) in [4.78, 5) is 10.6. The summed E-state index contributed by atoms with van der Waals surface area (Å²) in [5.41, 5.74) is 12.6. The van der Waals surface area contributed by atoms with E-state index in [1.54, 1.807) is 0 Å². The van der Waals surface area contributed by atoms with E-state index in [9.17, 15) is 0 Å². The van der Waals surface area contributed by atoms with E-state index in [1.807, 2.05) is 0 Å². The average molecular weight is 603 g/mol. The van der Waals surface area contributed by atoms with Crippen LogP contribution in [0, 0.1) is 0 Å². The first-order chi connectivity index (χ1) is 23.1. The molecule has 0 fully saturated rings. The summed E-state index contributed by atoms with van der Waals surface area (Å²) < 4.78 is 4.66. The third-order valence-electron chi connectivity index (χ3n) is 10.1. The SMILES string of the molecule is CC1(C)c2ccccc2-c2c1c1ccccc1n2-c1ccc2nc(-n3c4ccccc4c4ccccc43)nc(-c3ccccc3)c2c1. The number of aromatic nitrogens is 4. The second kappa shape index (κ2) is 9.51. The highest BCUT2D eigenvalue weighted by Gasteiger charge is 2.40. The lowest BCUT2D eigenvalue weighted by atomic mass is 9.81. The maximum Gasteiger partial charge on any atom is 0.235 e. The lowest BCUT2D eigenvalue weighted by molar-refractivity contribution is 0.666. The van der Waals surface area contributed by atoms with Crippen molar-refractivity contribution in [2.45, 2.75) is 19.3 Å². The van der Waals surface area contributed by atoms with Crippen molar-refractivity contribution in [2.75, 3.05) is 0 Å². The Morgan fingerprint density at radius 1 is 0.511 bits per heavy atom. The molecule has 0 bridgehead atoms. The Morgan fingerprint density at radius 3 is 1.83 bits per heavy atom. The van der Waals surface area contributed by atoms with E-state index in [2.05, 4.69) is 169 Å². The smallest absolute Gasteiger partial charge is 0.235 e. The molecule has 0 saturated carbocycles. The molecule has 3 heterocycles. The van der Waals surface area contributed by atoms with Crippen molar-refractivity contribution in [1.29, 1.82) is 0 Å². The molecule has 0 N–H and O–H groups in total. The van der Waals surface area contributed by atoms with Crippen molar-refractivity contribution in [1.82, 2.24) is 19.1 Å². The van der Waals surface area contributed by atoms with E-state index < -0.39 is 0 Å². The largest absolute Gasteiger partial charge is 0.309 e. The molecule has 0 unspecified atom stereocenters. The predicted octanol–water partition coefficient (Wildman–Crippen LogP) is 10.6. The molecule has 0 aliphatic heterocycles. The summed E-state index contributed by atoms with van der Waals surface area (Å²) in [6, 6.07) is 51.9. The van der Waals surface area contributed by atoms with Gasteiger partial charge in [0.15, 0.2) is 0 Å². The van der Waals surface area contributed by atoms with Gasteiger partial charge in [0, 0.05) is 43.8 Å². The summed E-state index contributed by atoms with van der Waals surface area (Å²) in [5, 5.41) is 4.71. The molecule has 0 radical (unpaired) electrons. The van der Waals surface area contributed by atoms with Crippen molar-refractivity contribution in [3.05, 3.63) is 157 Å². The van der Waals surface area contributed by atoms with Gasteiger partial charge in [-0.05, 0) is 47.5 Å². The summed E-state index contributed by atoms with van der Waals surface area (Å²) >= 11 is 0. The van der Waals surface area contributed by atoms with E-state index >= 15 is 0 Å². The zero-order valence-corrected chi connectivity index (χ0v) is 26.1. The Kier molecular flexibility index (Phi) is 5.31. The third-order valence-corrected chi connectivity index (χ3v) is 10.1. The number of hydrogen-bond acceptors (Lipinski definition) is 2. The van der Waals surface area contributed by atoms with Gasteiger partial charge in [-0.25, -0.2) is 9.97 Å². The van der Waals surface area contributed by atoms with Gasteiger partial charge < -0.3 is 4.57 Å². The Balaban J connectivity index is 1.28. The van der Waals surface area contributed by atoms with Crippen LogP contribution in [0.1, 0.15) is 25.0 Å². The molecule has 1 aliphatic rings. The van der Waals surface area contributed by atoms with Crippen molar-refractivity contribution < 1.29 is 0 Å². The quantitative estimate of drug-likeness (QED) is 0.202. The van der Waals surface area contributed by atoms with Crippen LogP contribution in [-0.2, 0) is 5.41 Å². The molecule has 9 aromatic rings. The molecule has 6 aromatic carbocycles. The van der Waals surface area contributed by atoms with Gasteiger partial charge in [-0.1, -0.05) is 123 Å². The molecule has 0 atom stereocenters. The monoisotopic (exact) mass is 602 g/mol. The fourth-order valence-corrected chi connectivity index (χ4v) is 8.06. The minimum Gasteiger partial charge on any atom is -0.309 e. The first-order valence-electron chi connectivity index (χ1n) is 16.2. The lowest BCUT2D eigenvalue weighted by Gasteiger charge is -2.21. The van der Waals surface area contributed by atoms with Gasteiger partial charge in [-0.2, -0.15) is 0 Å². The Morgan fingerprint density at radius 2 is 1.11 bits per heavy atom. The molecule has 4 nitrogen and oxygen atoms in total. The van der Waals surface area contributed by atoms with Crippen molar-refractivity contribution in [3.8, 4) is 34.2 Å². The normalized spacial score (nSPS) is 13.5. The summed E-state index contributed by atoms with van der Waals surface area (Å²) in [5.74, 6) is 0.671. The molecular formula is C43H30N4. The first kappa shape index (κ1) is 26.2. The van der Waals surface area contributed by atoms with Gasteiger partial charge in [0.05, 0.1) is 33.5 Å². The van der Waals surface area contributed by atoms with Crippen LogP contribution in [0.15, 0.2) is 146 Å². The van der Waals surface area contributed by atoms with Gasteiger partial charge in [0.1, 0.15) is 0 Å². The van der Waals surface area contributed by atoms with Gasteiger partial charge in [0.25, 0.3) is 0 Å². The Hall–Kier alpha value is -6.00. The molecule has 0 saturated heterocycles. The molecule has 0 spiro atoms. The highest BCUT2D eigenvalue weighted by Crippen LogP contribution is 2.53. The maximum atomic E-state index is 5.37. The number of para-hydroxylation sites is 3. The number of benzene rings is 6. The molecule has 47 heavy (non-hydrogen) atoms. The van der Waals surface area contributed by atoms with Crippen LogP contribution in [0.4, 0.5) is 0 Å². The van der Waals surface area contributed by atoms with E-state index in [-0.39, 0.29) is 5.41 Å². The molecule has 0 amide bonds. The fourth-order valence-electron chi connectivity index (χ4n) is 8.06. The third kappa shape index (κ3) is 3.58. The van der Waals surface area contributed by atoms with E-state index in [0.717, 1.165) is 38.9 Å². The first-order valence-corrected chi connectivity index (χ1v) is 16.2. The summed E-state index contributed by atoms with van der Waals surface area (Å²) in [6.07, 6.45) is 0. The zero-order valence-electron chi connectivity index (χ0n) is 26.1. The van der Waals surface area contributed by atoms with Crippen molar-refractivity contribution >= 4 is 43.6 Å². The van der Waals surface area contributed by atoms with Gasteiger partial charge in [-0.15, -0.1) is 0 Å². The minimum atomic E-state index is -0.108. The maximum absolute atomic E-state index is 5.37. The average Bonchev–Trinajstić information content (AvgIpc) is 3.73. The van der Waals surface area contributed by atoms with Gasteiger partial charge in [0.2, 0.25) is 5.95 Å². The molecule has 10 rings (SSSR count). The van der Waals surface area contributed by atoms with Crippen LogP contribution < -0.4 is 0 Å². The van der Waals surface area contributed by atoms with E-state index in [1.165, 1.54) is 44.1 Å². The highest BCUT2D eigenvalue weighted by atomic mass is 15.2. The van der Waals surface area contributed by atoms with Crippen LogP contribution >= 0.6 is 0 Å². The minimum absolute atomic E-state index is 0.108. The second-order valence-corrected chi connectivity index (χ2v) is 13.1.